The van der Waals surface area contributed by atoms with E-state index >= 15 is 0 Å². The van der Waals surface area contributed by atoms with Crippen molar-refractivity contribution in [3.05, 3.63) is 12.2 Å². The number of carbonyl (C=O) groups is 2. The van der Waals surface area contributed by atoms with Crippen LogP contribution in [0, 0.1) is 23.7 Å². The molecule has 70 valence electrons. The van der Waals surface area contributed by atoms with Gasteiger partial charge < -0.3 is 27.3 Å². The summed E-state index contributed by atoms with van der Waals surface area (Å²) in [7, 11) is 0. The maximum absolute atomic E-state index is 11.0. The SMILES string of the molecule is O=C([O-])[C@@H]1[C@@H](C(=O)[S-])[C@H]2C=C[C@@H]1C2. The fourth-order valence-corrected chi connectivity index (χ4v) is 2.79. The van der Waals surface area contributed by atoms with Gasteiger partial charge in [-0.05, 0) is 18.3 Å². The third-order valence-electron chi connectivity index (χ3n) is 3.00. The van der Waals surface area contributed by atoms with Crippen LogP contribution in [0.5, 0.6) is 0 Å². The van der Waals surface area contributed by atoms with Gasteiger partial charge in [-0.25, -0.2) is 0 Å². The Kier molecular flexibility index (Phi) is 1.87. The summed E-state index contributed by atoms with van der Waals surface area (Å²) in [6.07, 6.45) is 4.50. The highest BCUT2D eigenvalue weighted by Crippen LogP contribution is 2.47. The molecule has 1 saturated carbocycles. The molecule has 0 amide bonds. The topological polar surface area (TPSA) is 57.2 Å². The van der Waals surface area contributed by atoms with Crippen molar-refractivity contribution < 1.29 is 14.7 Å². The number of carboxylic acids is 1. The van der Waals surface area contributed by atoms with Gasteiger partial charge in [0.1, 0.15) is 0 Å². The third-order valence-corrected chi connectivity index (χ3v) is 3.28. The molecule has 0 radical (unpaired) electrons. The van der Waals surface area contributed by atoms with E-state index in [0.29, 0.717) is 0 Å². The number of hydrogen-bond acceptors (Lipinski definition) is 4. The highest BCUT2D eigenvalue weighted by molar-refractivity contribution is 7.77. The summed E-state index contributed by atoms with van der Waals surface area (Å²) < 4.78 is 0. The molecule has 4 heteroatoms. The molecule has 0 aromatic carbocycles. The molecule has 0 aliphatic heterocycles. The minimum absolute atomic E-state index is 0.0353. The van der Waals surface area contributed by atoms with Crippen molar-refractivity contribution in [2.45, 2.75) is 6.42 Å². The van der Waals surface area contributed by atoms with Gasteiger partial charge in [0, 0.05) is 22.9 Å². The van der Waals surface area contributed by atoms with Gasteiger partial charge in [0.25, 0.3) is 0 Å². The molecule has 13 heavy (non-hydrogen) atoms. The fraction of sp³-hybridized carbons (Fsp3) is 0.556. The monoisotopic (exact) mass is 196 g/mol. The summed E-state index contributed by atoms with van der Waals surface area (Å²) in [6, 6.07) is 0. The van der Waals surface area contributed by atoms with Gasteiger partial charge in [-0.3, -0.25) is 0 Å². The lowest BCUT2D eigenvalue weighted by Crippen LogP contribution is -2.40. The van der Waals surface area contributed by atoms with Crippen LogP contribution < -0.4 is 5.11 Å². The number of allylic oxidation sites excluding steroid dienone is 2. The molecule has 0 heterocycles. The normalized spacial score (nSPS) is 40.9. The standard InChI is InChI=1S/C9H10O3S/c10-8(11)6-4-1-2-5(3-4)7(6)9(12)13/h1-2,4-7H,3H2,(H,10,11)(H,12,13)/p-2/t4-,5+,6+,7+/m1/s1. The average Bonchev–Trinajstić information content (AvgIpc) is 2.60. The Morgan fingerprint density at radius 2 is 1.77 bits per heavy atom. The van der Waals surface area contributed by atoms with E-state index in [-0.39, 0.29) is 11.8 Å². The van der Waals surface area contributed by atoms with Crippen LogP contribution in [0.3, 0.4) is 0 Å². The van der Waals surface area contributed by atoms with Crippen molar-refractivity contribution >= 4 is 23.7 Å². The fourth-order valence-electron chi connectivity index (χ4n) is 2.46. The number of hydrogen-bond donors (Lipinski definition) is 0. The minimum atomic E-state index is -1.14. The second-order valence-corrected chi connectivity index (χ2v) is 4.04. The van der Waals surface area contributed by atoms with Gasteiger partial charge in [-0.1, -0.05) is 12.2 Å². The minimum Gasteiger partial charge on any atom is -0.742 e. The Balaban J connectivity index is 2.30. The molecule has 0 N–H and O–H groups in total. The van der Waals surface area contributed by atoms with Crippen LogP contribution in [0.25, 0.3) is 0 Å². The third kappa shape index (κ3) is 1.16. The highest BCUT2D eigenvalue weighted by Gasteiger charge is 2.45. The van der Waals surface area contributed by atoms with Crippen molar-refractivity contribution in [1.82, 2.24) is 0 Å². The van der Waals surface area contributed by atoms with E-state index < -0.39 is 22.9 Å². The predicted molar refractivity (Wildman–Crippen MR) is 45.1 cm³/mol. The van der Waals surface area contributed by atoms with Crippen LogP contribution in [0.1, 0.15) is 6.42 Å². The van der Waals surface area contributed by atoms with Crippen molar-refractivity contribution in [3.8, 4) is 0 Å². The summed E-state index contributed by atoms with van der Waals surface area (Å²) in [5, 5.41) is 10.3. The second-order valence-electron chi connectivity index (χ2n) is 3.64. The molecule has 0 aromatic rings. The molecule has 2 aliphatic carbocycles. The Morgan fingerprint density at radius 3 is 2.15 bits per heavy atom. The van der Waals surface area contributed by atoms with E-state index in [1.165, 1.54) is 0 Å². The van der Waals surface area contributed by atoms with E-state index in [1.807, 2.05) is 12.2 Å². The Hall–Kier alpha value is -0.900. The van der Waals surface area contributed by atoms with E-state index in [2.05, 4.69) is 12.6 Å². The van der Waals surface area contributed by atoms with Gasteiger partial charge in [-0.2, -0.15) is 0 Å². The van der Waals surface area contributed by atoms with Crippen LogP contribution in [-0.2, 0) is 22.2 Å². The first-order valence-corrected chi connectivity index (χ1v) is 4.62. The van der Waals surface area contributed by atoms with E-state index in [9.17, 15) is 14.7 Å². The molecule has 0 spiro atoms. The van der Waals surface area contributed by atoms with Crippen molar-refractivity contribution in [1.29, 1.82) is 0 Å². The van der Waals surface area contributed by atoms with Gasteiger partial charge in [0.15, 0.2) is 0 Å². The molecule has 4 atom stereocenters. The molecule has 0 aromatic heterocycles. The van der Waals surface area contributed by atoms with Gasteiger partial charge in [-0.15, -0.1) is 0 Å². The van der Waals surface area contributed by atoms with Crippen LogP contribution in [0.4, 0.5) is 0 Å². The quantitative estimate of drug-likeness (QED) is 0.430. The Bertz CT molecular complexity index is 269. The molecule has 2 aliphatic rings. The first-order chi connectivity index (χ1) is 6.11. The lowest BCUT2D eigenvalue weighted by molar-refractivity contribution is -0.313. The smallest absolute Gasteiger partial charge is 0.0457 e. The molecule has 2 rings (SSSR count). The van der Waals surface area contributed by atoms with Crippen LogP contribution in [0.2, 0.25) is 0 Å². The van der Waals surface area contributed by atoms with Crippen molar-refractivity contribution in [3.63, 3.8) is 0 Å². The number of rotatable bonds is 2. The zero-order valence-electron chi connectivity index (χ0n) is 6.80. The predicted octanol–water partition coefficient (Wildman–Crippen LogP) is -0.752. The average molecular weight is 196 g/mol. The van der Waals surface area contributed by atoms with E-state index in [0.717, 1.165) is 6.42 Å². The summed E-state index contributed by atoms with van der Waals surface area (Å²) in [4.78, 5) is 21.8. The molecule has 0 saturated heterocycles. The molecular formula is C9H8O3S-2. The van der Waals surface area contributed by atoms with Gasteiger partial charge >= 0.3 is 0 Å². The Labute approximate surface area is 81.2 Å². The molecule has 2 bridgehead atoms. The lowest BCUT2D eigenvalue weighted by atomic mass is 9.84. The number of carbonyl (C=O) groups excluding carboxylic acids is 2. The van der Waals surface area contributed by atoms with E-state index in [1.54, 1.807) is 0 Å². The van der Waals surface area contributed by atoms with Crippen LogP contribution >= 0.6 is 0 Å². The van der Waals surface area contributed by atoms with Crippen LogP contribution in [0.15, 0.2) is 12.2 Å². The Morgan fingerprint density at radius 1 is 1.23 bits per heavy atom. The summed E-state index contributed by atoms with van der Waals surface area (Å²) >= 11 is 4.54. The number of carboxylic acid groups (broad SMARTS) is 1. The molecular weight excluding hydrogens is 188 g/mol. The molecule has 3 nitrogen and oxygen atoms in total. The number of aliphatic carboxylic acids is 1. The summed E-state index contributed by atoms with van der Waals surface area (Å²) in [6.45, 7) is 0. The first kappa shape index (κ1) is 8.69. The van der Waals surface area contributed by atoms with Crippen molar-refractivity contribution in [2.75, 3.05) is 0 Å². The zero-order chi connectivity index (χ0) is 9.59. The molecule has 1 fully saturated rings. The second kappa shape index (κ2) is 2.80. The maximum Gasteiger partial charge on any atom is 0.0457 e. The first-order valence-electron chi connectivity index (χ1n) is 4.21. The number of fused-ring (bicyclic) bond motifs is 2. The highest BCUT2D eigenvalue weighted by atomic mass is 32.1. The lowest BCUT2D eigenvalue weighted by Gasteiger charge is -2.30. The van der Waals surface area contributed by atoms with Gasteiger partial charge in [0.2, 0.25) is 0 Å². The van der Waals surface area contributed by atoms with E-state index in [4.69, 9.17) is 0 Å². The van der Waals surface area contributed by atoms with Crippen molar-refractivity contribution in [2.24, 2.45) is 23.7 Å². The summed E-state index contributed by atoms with van der Waals surface area (Å²) in [5.41, 5.74) is 0. The van der Waals surface area contributed by atoms with Gasteiger partial charge in [0.05, 0.1) is 0 Å². The zero-order valence-corrected chi connectivity index (χ0v) is 7.62. The maximum atomic E-state index is 11.0. The summed E-state index contributed by atoms with van der Waals surface area (Å²) in [5.74, 6) is -2.33. The van der Waals surface area contributed by atoms with Crippen LogP contribution in [-0.4, -0.2) is 11.1 Å². The largest absolute Gasteiger partial charge is 0.742 e. The molecule has 0 unspecified atom stereocenters.